The lowest BCUT2D eigenvalue weighted by Gasteiger charge is -2.11. The number of allylic oxidation sites excluding steroid dienone is 1. The first-order chi connectivity index (χ1) is 27.2. The van der Waals surface area contributed by atoms with E-state index in [-0.39, 0.29) is 0 Å². The zero-order valence-corrected chi connectivity index (χ0v) is 30.1. The Morgan fingerprint density at radius 3 is 1.91 bits per heavy atom. The minimum absolute atomic E-state index is 0.634. The highest BCUT2D eigenvalue weighted by Crippen LogP contribution is 2.42. The van der Waals surface area contributed by atoms with Crippen LogP contribution in [-0.4, -0.2) is 28.1 Å². The van der Waals surface area contributed by atoms with Crippen LogP contribution in [0.25, 0.3) is 83.2 Å². The van der Waals surface area contributed by atoms with E-state index in [0.717, 1.165) is 83.1 Å². The van der Waals surface area contributed by atoms with Gasteiger partial charge < -0.3 is 8.98 Å². The molecule has 0 unspecified atom stereocenters. The van der Waals surface area contributed by atoms with Crippen LogP contribution in [0.1, 0.15) is 11.1 Å². The van der Waals surface area contributed by atoms with E-state index in [1.807, 2.05) is 36.4 Å². The van der Waals surface area contributed by atoms with Crippen molar-refractivity contribution in [1.29, 1.82) is 0 Å². The summed E-state index contributed by atoms with van der Waals surface area (Å²) in [6.07, 6.45) is 4.19. The summed E-state index contributed by atoms with van der Waals surface area (Å²) in [7, 11) is 1.79. The third-order valence-corrected chi connectivity index (χ3v) is 10.3. The van der Waals surface area contributed by atoms with Crippen LogP contribution in [0.2, 0.25) is 0 Å². The second-order valence-corrected chi connectivity index (χ2v) is 13.5. The number of rotatable bonds is 6. The summed E-state index contributed by atoms with van der Waals surface area (Å²) in [5.41, 5.74) is 11.7. The van der Waals surface area contributed by atoms with Crippen molar-refractivity contribution in [1.82, 2.24) is 9.55 Å². The van der Waals surface area contributed by atoms with Gasteiger partial charge in [0.1, 0.15) is 11.2 Å². The number of hydrogen-bond donors (Lipinski definition) is 0. The van der Waals surface area contributed by atoms with E-state index in [9.17, 15) is 0 Å². The van der Waals surface area contributed by atoms with Crippen molar-refractivity contribution in [3.8, 4) is 22.4 Å². The first kappa shape index (κ1) is 32.3. The smallest absolute Gasteiger partial charge is 0.154 e. The highest BCUT2D eigenvalue weighted by molar-refractivity contribution is 6.22. The molecule has 0 saturated carbocycles. The van der Waals surface area contributed by atoms with Crippen molar-refractivity contribution in [2.75, 3.05) is 7.05 Å². The molecule has 0 aliphatic heterocycles. The lowest BCUT2D eigenvalue weighted by molar-refractivity contribution is 0.672. The molecule has 0 radical (unpaired) electrons. The fraction of sp³-hybridized carbons (Fsp3) is 0.0200. The molecule has 5 heteroatoms. The SMILES string of the molecule is C\N=C(/N=C(\C=C\n1c2ccccc2c2ccccc21)c1ccccc1)c1ccc(-c2nc3cccc(-c4ccccc4)c3c3oc4ccccc4c23)cc1. The molecular weight excluding hydrogens is 673 g/mol. The zero-order valence-electron chi connectivity index (χ0n) is 30.1. The number of benzene rings is 7. The number of hydrogen-bond acceptors (Lipinski definition) is 3. The number of nitrogens with zero attached hydrogens (tertiary/aromatic N) is 4. The van der Waals surface area contributed by atoms with Crippen LogP contribution in [-0.2, 0) is 0 Å². The van der Waals surface area contributed by atoms with Crippen molar-refractivity contribution in [3.05, 3.63) is 193 Å². The topological polar surface area (TPSA) is 55.7 Å². The molecule has 0 aliphatic carbocycles. The molecule has 0 saturated heterocycles. The third kappa shape index (κ3) is 5.61. The molecule has 260 valence electrons. The number of pyridine rings is 1. The van der Waals surface area contributed by atoms with E-state index >= 15 is 0 Å². The van der Waals surface area contributed by atoms with E-state index in [1.165, 1.54) is 10.8 Å². The van der Waals surface area contributed by atoms with Gasteiger partial charge in [-0.15, -0.1) is 0 Å². The second-order valence-electron chi connectivity index (χ2n) is 13.5. The molecule has 0 bridgehead atoms. The molecular formula is C50H34N4O. The Bertz CT molecular complexity index is 3080. The Morgan fingerprint density at radius 2 is 1.20 bits per heavy atom. The van der Waals surface area contributed by atoms with Crippen LogP contribution < -0.4 is 0 Å². The molecule has 0 aliphatic rings. The van der Waals surface area contributed by atoms with Gasteiger partial charge in [0.15, 0.2) is 5.84 Å². The molecule has 0 N–H and O–H groups in total. The normalized spacial score (nSPS) is 12.6. The van der Waals surface area contributed by atoms with E-state index in [2.05, 4.69) is 156 Å². The quantitative estimate of drug-likeness (QED) is 0.128. The maximum atomic E-state index is 6.67. The molecule has 55 heavy (non-hydrogen) atoms. The average molecular weight is 707 g/mol. The van der Waals surface area contributed by atoms with Gasteiger partial charge in [0.25, 0.3) is 0 Å². The summed E-state index contributed by atoms with van der Waals surface area (Å²) in [5.74, 6) is 0.634. The van der Waals surface area contributed by atoms with Gasteiger partial charge in [-0.25, -0.2) is 9.98 Å². The van der Waals surface area contributed by atoms with Crippen LogP contribution in [0, 0.1) is 0 Å². The number of amidine groups is 1. The molecule has 0 amide bonds. The summed E-state index contributed by atoms with van der Waals surface area (Å²) in [6.45, 7) is 0. The number of fused-ring (bicyclic) bond motifs is 8. The first-order valence-electron chi connectivity index (χ1n) is 18.4. The van der Waals surface area contributed by atoms with Crippen LogP contribution in [0.3, 0.4) is 0 Å². The fourth-order valence-electron chi connectivity index (χ4n) is 7.77. The number of furan rings is 1. The van der Waals surface area contributed by atoms with Gasteiger partial charge in [-0.1, -0.05) is 152 Å². The standard InChI is InChI=1S/C50H34N4O/c1-51-50(53-41(34-17-6-3-7-18-34)31-32-54-43-24-11-8-19-38(43)39-20-9-12-25-44(39)54)36-29-27-35(28-30-36)48-47-40-21-10-13-26-45(40)55-49(47)46-37(22-14-23-42(46)52-48)33-15-4-2-5-16-33/h2-32H,1H3/b32-31+,51-50-,53-41+. The Balaban J connectivity index is 1.08. The Labute approximate surface area is 317 Å². The summed E-state index contributed by atoms with van der Waals surface area (Å²) in [6, 6.07) is 60.6. The maximum Gasteiger partial charge on any atom is 0.154 e. The van der Waals surface area contributed by atoms with E-state index in [4.69, 9.17) is 19.4 Å². The van der Waals surface area contributed by atoms with Crippen molar-refractivity contribution >= 4 is 72.4 Å². The van der Waals surface area contributed by atoms with Crippen molar-refractivity contribution in [2.45, 2.75) is 0 Å². The Hall–Kier alpha value is -7.37. The number of aromatic nitrogens is 2. The molecule has 3 aromatic heterocycles. The van der Waals surface area contributed by atoms with Crippen LogP contribution in [0.5, 0.6) is 0 Å². The fourth-order valence-corrected chi connectivity index (χ4v) is 7.77. The highest BCUT2D eigenvalue weighted by Gasteiger charge is 2.20. The van der Waals surface area contributed by atoms with Crippen LogP contribution in [0.4, 0.5) is 0 Å². The van der Waals surface area contributed by atoms with E-state index in [0.29, 0.717) is 5.84 Å². The Morgan fingerprint density at radius 1 is 0.564 bits per heavy atom. The minimum atomic E-state index is 0.634. The van der Waals surface area contributed by atoms with Gasteiger partial charge >= 0.3 is 0 Å². The summed E-state index contributed by atoms with van der Waals surface area (Å²) >= 11 is 0. The first-order valence-corrected chi connectivity index (χ1v) is 18.4. The zero-order chi connectivity index (χ0) is 36.7. The molecule has 0 fully saturated rings. The molecule has 10 aromatic rings. The van der Waals surface area contributed by atoms with Gasteiger partial charge in [0.05, 0.1) is 38.7 Å². The van der Waals surface area contributed by atoms with Crippen LogP contribution in [0.15, 0.2) is 196 Å². The van der Waals surface area contributed by atoms with Gasteiger partial charge in [0, 0.05) is 46.1 Å². The van der Waals surface area contributed by atoms with Gasteiger partial charge in [-0.3, -0.25) is 4.99 Å². The van der Waals surface area contributed by atoms with E-state index in [1.54, 1.807) is 7.05 Å². The molecule has 5 nitrogen and oxygen atoms in total. The van der Waals surface area contributed by atoms with Gasteiger partial charge in [0.2, 0.25) is 0 Å². The predicted molar refractivity (Wildman–Crippen MR) is 230 cm³/mol. The maximum absolute atomic E-state index is 6.67. The van der Waals surface area contributed by atoms with Crippen LogP contribution >= 0.6 is 0 Å². The lowest BCUT2D eigenvalue weighted by Crippen LogP contribution is -2.05. The molecule has 3 heterocycles. The highest BCUT2D eigenvalue weighted by atomic mass is 16.3. The predicted octanol–water partition coefficient (Wildman–Crippen LogP) is 12.6. The lowest BCUT2D eigenvalue weighted by atomic mass is 9.96. The summed E-state index contributed by atoms with van der Waals surface area (Å²) in [5, 5.41) is 5.49. The van der Waals surface area contributed by atoms with E-state index < -0.39 is 0 Å². The van der Waals surface area contributed by atoms with Crippen molar-refractivity contribution in [2.24, 2.45) is 9.98 Å². The molecule has 0 atom stereocenters. The third-order valence-electron chi connectivity index (χ3n) is 10.3. The summed E-state index contributed by atoms with van der Waals surface area (Å²) < 4.78 is 8.90. The van der Waals surface area contributed by atoms with Gasteiger partial charge in [-0.05, 0) is 41.5 Å². The summed E-state index contributed by atoms with van der Waals surface area (Å²) in [4.78, 5) is 15.2. The van der Waals surface area contributed by atoms with Gasteiger partial charge in [-0.2, -0.15) is 0 Å². The molecule has 0 spiro atoms. The average Bonchev–Trinajstić information content (AvgIpc) is 3.80. The second kappa shape index (κ2) is 13.6. The van der Waals surface area contributed by atoms with Crippen molar-refractivity contribution in [3.63, 3.8) is 0 Å². The number of para-hydroxylation sites is 3. The Kier molecular flexibility index (Phi) is 7.96. The monoisotopic (exact) mass is 706 g/mol. The largest absolute Gasteiger partial charge is 0.455 e. The molecule has 7 aromatic carbocycles. The minimum Gasteiger partial charge on any atom is -0.455 e. The number of aliphatic imine (C=N–C) groups is 2. The van der Waals surface area contributed by atoms with Crippen molar-refractivity contribution < 1.29 is 4.42 Å². The molecule has 10 rings (SSSR count).